The van der Waals surface area contributed by atoms with Crippen molar-refractivity contribution >= 4 is 5.78 Å². The molecule has 0 heterocycles. The van der Waals surface area contributed by atoms with Gasteiger partial charge in [-0.25, -0.2) is 0 Å². The Morgan fingerprint density at radius 3 is 2.79 bits per heavy atom. The third kappa shape index (κ3) is 2.22. The molecule has 74 valence electrons. The molecule has 1 nitrogen and oxygen atoms in total. The van der Waals surface area contributed by atoms with Gasteiger partial charge in [-0.05, 0) is 24.3 Å². The molecule has 0 N–H and O–H groups in total. The smallest absolute Gasteiger partial charge is 0.133 e. The van der Waals surface area contributed by atoms with E-state index >= 15 is 0 Å². The zero-order chi connectivity index (χ0) is 10.7. The van der Waals surface area contributed by atoms with E-state index in [-0.39, 0.29) is 11.7 Å². The highest BCUT2D eigenvalue weighted by atomic mass is 16.1. The van der Waals surface area contributed by atoms with Gasteiger partial charge in [0.2, 0.25) is 0 Å². The molecule has 1 heteroatoms. The largest absolute Gasteiger partial charge is 0.300 e. The van der Waals surface area contributed by atoms with Gasteiger partial charge in [-0.3, -0.25) is 4.79 Å². The molecule has 1 saturated carbocycles. The Bertz CT molecular complexity index is 334. The normalized spacial score (nSPS) is 29.4. The predicted octanol–water partition coefficient (Wildman–Crippen LogP) is 3.30. The molecule has 0 amide bonds. The van der Waals surface area contributed by atoms with Crippen molar-refractivity contribution in [3.05, 3.63) is 35.9 Å². The molecule has 2 rings (SSSR count). The van der Waals surface area contributed by atoms with Gasteiger partial charge in [-0.1, -0.05) is 36.8 Å². The van der Waals surface area contributed by atoms with E-state index in [0.717, 1.165) is 24.8 Å². The van der Waals surface area contributed by atoms with Gasteiger partial charge in [0.1, 0.15) is 5.78 Å². The molecule has 0 bridgehead atoms. The lowest BCUT2D eigenvalue weighted by atomic mass is 9.92. The van der Waals surface area contributed by atoms with Crippen LogP contribution in [-0.2, 0) is 4.79 Å². The fraction of sp³-hybridized carbons (Fsp3) is 0.462. The van der Waals surface area contributed by atoms with Gasteiger partial charge in [0, 0.05) is 14.2 Å². The first kappa shape index (κ1) is 8.22. The molecule has 14 heavy (non-hydrogen) atoms. The van der Waals surface area contributed by atoms with E-state index in [1.165, 1.54) is 0 Å². The molecule has 0 saturated heterocycles. The molecule has 1 fully saturated rings. The van der Waals surface area contributed by atoms with Crippen LogP contribution in [0.2, 0.25) is 0 Å². The number of hydrogen-bond donors (Lipinski definition) is 0. The van der Waals surface area contributed by atoms with E-state index in [2.05, 4.69) is 0 Å². The molecular formula is C13H16O. The second kappa shape index (κ2) is 4.41. The highest BCUT2D eigenvalue weighted by molar-refractivity contribution is 5.79. The van der Waals surface area contributed by atoms with E-state index in [1.54, 1.807) is 0 Å². The Labute approximate surface area is 86.5 Å². The average molecular weight is 189 g/mol. The molecule has 1 aromatic carbocycles. The molecule has 0 spiro atoms. The van der Waals surface area contributed by atoms with Crippen LogP contribution < -0.4 is 0 Å². The minimum Gasteiger partial charge on any atom is -0.300 e. The second-order valence-corrected chi connectivity index (χ2v) is 3.90. The lowest BCUT2D eigenvalue weighted by Gasteiger charge is -2.12. The van der Waals surface area contributed by atoms with Crippen molar-refractivity contribution in [2.45, 2.75) is 38.0 Å². The monoisotopic (exact) mass is 189 g/mol. The summed E-state index contributed by atoms with van der Waals surface area (Å²) in [5.74, 6) is 0.225. The van der Waals surface area contributed by atoms with Crippen LogP contribution in [0, 0.1) is 0 Å². The summed E-state index contributed by atoms with van der Waals surface area (Å²) < 4.78 is 7.96. The van der Waals surface area contributed by atoms with Gasteiger partial charge in [-0.15, -0.1) is 0 Å². The van der Waals surface area contributed by atoms with Crippen molar-refractivity contribution in [2.75, 3.05) is 0 Å². The highest BCUT2D eigenvalue weighted by Gasteiger charge is 2.18. The fourth-order valence-corrected chi connectivity index (χ4v) is 2.02. The van der Waals surface area contributed by atoms with Crippen molar-refractivity contribution in [3.63, 3.8) is 0 Å². The van der Waals surface area contributed by atoms with Gasteiger partial charge in [0.15, 0.2) is 0 Å². The van der Waals surface area contributed by atoms with Crippen LogP contribution in [0.5, 0.6) is 0 Å². The summed E-state index contributed by atoms with van der Waals surface area (Å²) >= 11 is 0. The first-order valence-corrected chi connectivity index (χ1v) is 5.29. The Morgan fingerprint density at radius 1 is 1.21 bits per heavy atom. The number of rotatable bonds is 1. The third-order valence-corrected chi connectivity index (χ3v) is 2.80. The maximum absolute atomic E-state index is 11.6. The summed E-state index contributed by atoms with van der Waals surface area (Å²) in [5.41, 5.74) is 1.15. The van der Waals surface area contributed by atoms with Crippen LogP contribution in [0.15, 0.2) is 30.3 Å². The standard InChI is InChI=1S/C13H16O/c14-13-9-5-4-8-12(10-13)11-6-2-1-3-7-11/h1-3,6-7,12H,4-5,8-10H2/t12-/m0/s1/i10D/t10-,12+/m1. The maximum Gasteiger partial charge on any atom is 0.133 e. The number of carbonyl (C=O) groups excluding carboxylic acids is 1. The summed E-state index contributed by atoms with van der Waals surface area (Å²) in [5, 5.41) is 0. The van der Waals surface area contributed by atoms with E-state index in [0.29, 0.717) is 6.42 Å². The molecule has 0 radical (unpaired) electrons. The first-order valence-electron chi connectivity index (χ1n) is 5.86. The Hall–Kier alpha value is -1.11. The van der Waals surface area contributed by atoms with Gasteiger partial charge >= 0.3 is 0 Å². The van der Waals surface area contributed by atoms with Crippen LogP contribution in [0.4, 0.5) is 0 Å². The van der Waals surface area contributed by atoms with Gasteiger partial charge in [0.05, 0.1) is 0 Å². The van der Waals surface area contributed by atoms with Gasteiger partial charge in [-0.2, -0.15) is 0 Å². The zero-order valence-electron chi connectivity index (χ0n) is 9.28. The molecule has 1 aromatic rings. The van der Waals surface area contributed by atoms with E-state index in [1.807, 2.05) is 30.3 Å². The second-order valence-electron chi connectivity index (χ2n) is 3.90. The number of Topliss-reactive ketones (excluding diaryl/α,β-unsaturated/α-hetero) is 1. The molecule has 0 aromatic heterocycles. The predicted molar refractivity (Wildman–Crippen MR) is 57.3 cm³/mol. The highest BCUT2D eigenvalue weighted by Crippen LogP contribution is 2.29. The van der Waals surface area contributed by atoms with Crippen molar-refractivity contribution in [1.29, 1.82) is 0 Å². The SMILES string of the molecule is [2H][C@H]1C(=O)CCCC[C@@H]1c1ccccc1. The topological polar surface area (TPSA) is 17.1 Å². The minimum absolute atomic E-state index is 0.112. The van der Waals surface area contributed by atoms with Crippen LogP contribution in [0.25, 0.3) is 0 Å². The number of benzene rings is 1. The first-order chi connectivity index (χ1) is 7.29. The number of carbonyl (C=O) groups is 1. The van der Waals surface area contributed by atoms with Crippen LogP contribution in [0.3, 0.4) is 0 Å². The number of hydrogen-bond acceptors (Lipinski definition) is 1. The van der Waals surface area contributed by atoms with Gasteiger partial charge < -0.3 is 0 Å². The molecule has 0 unspecified atom stereocenters. The molecule has 1 aliphatic rings. The lowest BCUT2D eigenvalue weighted by Crippen LogP contribution is -2.03. The quantitative estimate of drug-likeness (QED) is 0.619. The van der Waals surface area contributed by atoms with Crippen molar-refractivity contribution in [2.24, 2.45) is 0 Å². The molecular weight excluding hydrogens is 172 g/mol. The lowest BCUT2D eigenvalue weighted by molar-refractivity contribution is -0.119. The van der Waals surface area contributed by atoms with Crippen LogP contribution >= 0.6 is 0 Å². The van der Waals surface area contributed by atoms with Crippen LogP contribution in [0.1, 0.15) is 44.9 Å². The molecule has 1 aliphatic carbocycles. The average Bonchev–Trinajstić information content (AvgIpc) is 2.44. The van der Waals surface area contributed by atoms with E-state index in [9.17, 15) is 4.79 Å². The molecule has 0 aliphatic heterocycles. The summed E-state index contributed by atoms with van der Waals surface area (Å²) in [6.45, 7) is 0. The Kier molecular flexibility index (Phi) is 2.59. The Morgan fingerprint density at radius 2 is 2.00 bits per heavy atom. The van der Waals surface area contributed by atoms with E-state index < -0.39 is 6.40 Å². The van der Waals surface area contributed by atoms with E-state index in [4.69, 9.17) is 1.37 Å². The summed E-state index contributed by atoms with van der Waals surface area (Å²) in [4.78, 5) is 11.6. The summed E-state index contributed by atoms with van der Waals surface area (Å²) in [6, 6.07) is 10.0. The summed E-state index contributed by atoms with van der Waals surface area (Å²) in [6.07, 6.45) is 3.05. The molecule has 2 atom stereocenters. The van der Waals surface area contributed by atoms with Crippen molar-refractivity contribution in [3.8, 4) is 0 Å². The zero-order valence-corrected chi connectivity index (χ0v) is 8.28. The van der Waals surface area contributed by atoms with Gasteiger partial charge in [0.25, 0.3) is 0 Å². The van der Waals surface area contributed by atoms with Crippen LogP contribution in [-0.4, -0.2) is 5.78 Å². The minimum atomic E-state index is -0.546. The Balaban J connectivity index is 2.23. The summed E-state index contributed by atoms with van der Waals surface area (Å²) in [7, 11) is 0. The maximum atomic E-state index is 11.6. The fourth-order valence-electron chi connectivity index (χ4n) is 2.02. The van der Waals surface area contributed by atoms with Crippen molar-refractivity contribution < 1.29 is 6.17 Å². The number of ketones is 1. The third-order valence-electron chi connectivity index (χ3n) is 2.80. The van der Waals surface area contributed by atoms with Crippen molar-refractivity contribution in [1.82, 2.24) is 0 Å².